The van der Waals surface area contributed by atoms with Crippen LogP contribution in [0, 0.1) is 0 Å². The Balaban J connectivity index is 1.79. The van der Waals surface area contributed by atoms with Crippen LogP contribution in [0.25, 0.3) is 16.6 Å². The fraction of sp³-hybridized carbons (Fsp3) is 0.200. The highest BCUT2D eigenvalue weighted by atomic mass is 15.2. The molecule has 1 aliphatic heterocycles. The van der Waals surface area contributed by atoms with E-state index in [-0.39, 0.29) is 0 Å². The summed E-state index contributed by atoms with van der Waals surface area (Å²) in [6.07, 6.45) is 3.16. The maximum absolute atomic E-state index is 4.37. The van der Waals surface area contributed by atoms with Crippen LogP contribution in [-0.4, -0.2) is 4.57 Å². The standard InChI is InChI=1S/C20H20N2/c1-4-15-6-5-7-17-13-22(14(2)20(15)17)18-8-9-19-16(12-18)10-11-21(19)3/h5-12H,2,4,13H2,1,3H3. The van der Waals surface area contributed by atoms with E-state index < -0.39 is 0 Å². The lowest BCUT2D eigenvalue weighted by atomic mass is 10.0. The summed E-state index contributed by atoms with van der Waals surface area (Å²) < 4.78 is 2.15. The number of anilines is 1. The summed E-state index contributed by atoms with van der Waals surface area (Å²) in [5.74, 6) is 0. The topological polar surface area (TPSA) is 8.17 Å². The monoisotopic (exact) mass is 288 g/mol. The van der Waals surface area contributed by atoms with Crippen LogP contribution < -0.4 is 4.90 Å². The van der Waals surface area contributed by atoms with Gasteiger partial charge in [0.2, 0.25) is 0 Å². The number of aryl methyl sites for hydroxylation is 2. The number of nitrogens with zero attached hydrogens (tertiary/aromatic N) is 2. The first-order valence-corrected chi connectivity index (χ1v) is 7.81. The van der Waals surface area contributed by atoms with Gasteiger partial charge in [0, 0.05) is 47.6 Å². The summed E-state index contributed by atoms with van der Waals surface area (Å²) in [5.41, 5.74) is 7.74. The molecule has 0 bridgehead atoms. The molecule has 0 radical (unpaired) electrons. The third kappa shape index (κ3) is 1.80. The van der Waals surface area contributed by atoms with Crippen LogP contribution in [0.1, 0.15) is 23.6 Å². The van der Waals surface area contributed by atoms with Crippen LogP contribution in [0.4, 0.5) is 5.69 Å². The van der Waals surface area contributed by atoms with Gasteiger partial charge in [-0.25, -0.2) is 0 Å². The molecule has 0 N–H and O–H groups in total. The van der Waals surface area contributed by atoms with Crippen molar-refractivity contribution < 1.29 is 0 Å². The first-order chi connectivity index (χ1) is 10.7. The summed E-state index contributed by atoms with van der Waals surface area (Å²) in [5, 5.41) is 1.28. The van der Waals surface area contributed by atoms with E-state index in [0.29, 0.717) is 0 Å². The highest BCUT2D eigenvalue weighted by Crippen LogP contribution is 2.38. The zero-order chi connectivity index (χ0) is 15.3. The second-order valence-corrected chi connectivity index (χ2v) is 6.01. The number of rotatable bonds is 2. The third-order valence-electron chi connectivity index (χ3n) is 4.74. The Hall–Kier alpha value is -2.48. The minimum atomic E-state index is 0.917. The highest BCUT2D eigenvalue weighted by molar-refractivity contribution is 5.90. The van der Waals surface area contributed by atoms with E-state index in [1.54, 1.807) is 0 Å². The molecule has 1 aliphatic rings. The Morgan fingerprint density at radius 1 is 1.14 bits per heavy atom. The van der Waals surface area contributed by atoms with Crippen molar-refractivity contribution in [2.75, 3.05) is 4.90 Å². The van der Waals surface area contributed by atoms with Gasteiger partial charge in [-0.3, -0.25) is 0 Å². The second-order valence-electron chi connectivity index (χ2n) is 6.01. The van der Waals surface area contributed by atoms with E-state index in [4.69, 9.17) is 0 Å². The molecule has 2 heteroatoms. The van der Waals surface area contributed by atoms with Crippen molar-refractivity contribution in [3.05, 3.63) is 71.9 Å². The van der Waals surface area contributed by atoms with Crippen molar-refractivity contribution in [2.24, 2.45) is 7.05 Å². The van der Waals surface area contributed by atoms with Gasteiger partial charge in [-0.1, -0.05) is 31.7 Å². The van der Waals surface area contributed by atoms with Gasteiger partial charge in [0.05, 0.1) is 0 Å². The molecule has 0 aliphatic carbocycles. The van der Waals surface area contributed by atoms with Crippen LogP contribution in [-0.2, 0) is 20.0 Å². The Kier molecular flexibility index (Phi) is 2.86. The Bertz CT molecular complexity index is 886. The molecule has 1 aromatic heterocycles. The first kappa shape index (κ1) is 13.2. The van der Waals surface area contributed by atoms with Crippen LogP contribution in [0.3, 0.4) is 0 Å². The molecule has 2 nitrogen and oxygen atoms in total. The molecular weight excluding hydrogens is 268 g/mol. The Morgan fingerprint density at radius 2 is 2.00 bits per heavy atom. The second kappa shape index (κ2) is 4.77. The molecule has 2 aromatic carbocycles. The minimum Gasteiger partial charge on any atom is -0.351 e. The van der Waals surface area contributed by atoms with E-state index in [2.05, 4.69) is 78.7 Å². The number of hydrogen-bond donors (Lipinski definition) is 0. The summed E-state index contributed by atoms with van der Waals surface area (Å²) >= 11 is 0. The molecule has 2 heterocycles. The lowest BCUT2D eigenvalue weighted by molar-refractivity contribution is 0.968. The summed E-state index contributed by atoms with van der Waals surface area (Å²) in [4.78, 5) is 2.33. The van der Waals surface area contributed by atoms with Gasteiger partial charge in [-0.2, -0.15) is 0 Å². The molecule has 4 rings (SSSR count). The average Bonchev–Trinajstić information content (AvgIpc) is 3.08. The predicted octanol–water partition coefficient (Wildman–Crippen LogP) is 4.73. The molecule has 3 aromatic rings. The van der Waals surface area contributed by atoms with Crippen LogP contribution in [0.5, 0.6) is 0 Å². The van der Waals surface area contributed by atoms with Crippen molar-refractivity contribution in [1.29, 1.82) is 0 Å². The fourth-order valence-electron chi connectivity index (χ4n) is 3.54. The fourth-order valence-corrected chi connectivity index (χ4v) is 3.54. The SMILES string of the molecule is C=C1c2c(CC)cccc2CN1c1ccc2c(ccn2C)c1. The molecule has 0 saturated carbocycles. The number of hydrogen-bond acceptors (Lipinski definition) is 1. The molecule has 0 amide bonds. The Morgan fingerprint density at radius 3 is 2.82 bits per heavy atom. The van der Waals surface area contributed by atoms with Crippen molar-refractivity contribution in [3.8, 4) is 0 Å². The molecule has 0 fully saturated rings. The van der Waals surface area contributed by atoms with E-state index in [1.807, 2.05) is 0 Å². The number of benzene rings is 2. The summed E-state index contributed by atoms with van der Waals surface area (Å²) in [7, 11) is 2.08. The molecule has 0 spiro atoms. The molecule has 22 heavy (non-hydrogen) atoms. The smallest absolute Gasteiger partial charge is 0.0488 e. The van der Waals surface area contributed by atoms with Crippen LogP contribution in [0.2, 0.25) is 0 Å². The van der Waals surface area contributed by atoms with Crippen molar-refractivity contribution in [1.82, 2.24) is 4.57 Å². The van der Waals surface area contributed by atoms with Gasteiger partial charge in [-0.05, 0) is 41.8 Å². The van der Waals surface area contributed by atoms with Crippen molar-refractivity contribution in [2.45, 2.75) is 19.9 Å². The van der Waals surface area contributed by atoms with Crippen molar-refractivity contribution in [3.63, 3.8) is 0 Å². The zero-order valence-electron chi connectivity index (χ0n) is 13.1. The molecule has 0 unspecified atom stereocenters. The molecule has 0 atom stereocenters. The lowest BCUT2D eigenvalue weighted by Gasteiger charge is -2.20. The van der Waals surface area contributed by atoms with Gasteiger partial charge >= 0.3 is 0 Å². The molecule has 110 valence electrons. The lowest BCUT2D eigenvalue weighted by Crippen LogP contribution is -2.13. The van der Waals surface area contributed by atoms with Crippen LogP contribution in [0.15, 0.2) is 55.2 Å². The normalized spacial score (nSPS) is 13.9. The van der Waals surface area contributed by atoms with Gasteiger partial charge in [0.1, 0.15) is 0 Å². The van der Waals surface area contributed by atoms with E-state index >= 15 is 0 Å². The van der Waals surface area contributed by atoms with Gasteiger partial charge in [0.25, 0.3) is 0 Å². The average molecular weight is 288 g/mol. The Labute approximate surface area is 131 Å². The largest absolute Gasteiger partial charge is 0.351 e. The summed E-state index contributed by atoms with van der Waals surface area (Å²) in [6, 6.07) is 15.4. The maximum atomic E-state index is 4.37. The zero-order valence-corrected chi connectivity index (χ0v) is 13.1. The van der Waals surface area contributed by atoms with Gasteiger partial charge in [-0.15, -0.1) is 0 Å². The van der Waals surface area contributed by atoms with Gasteiger partial charge in [0.15, 0.2) is 0 Å². The number of fused-ring (bicyclic) bond motifs is 2. The quantitative estimate of drug-likeness (QED) is 0.661. The summed E-state index contributed by atoms with van der Waals surface area (Å²) in [6.45, 7) is 7.49. The maximum Gasteiger partial charge on any atom is 0.0488 e. The third-order valence-corrected chi connectivity index (χ3v) is 4.74. The molecular formula is C20H20N2. The van der Waals surface area contributed by atoms with Gasteiger partial charge < -0.3 is 9.47 Å². The minimum absolute atomic E-state index is 0.917. The van der Waals surface area contributed by atoms with Crippen molar-refractivity contribution >= 4 is 22.3 Å². The predicted molar refractivity (Wildman–Crippen MR) is 94.0 cm³/mol. The first-order valence-electron chi connectivity index (χ1n) is 7.81. The highest BCUT2D eigenvalue weighted by Gasteiger charge is 2.25. The van der Waals surface area contributed by atoms with E-state index in [1.165, 1.54) is 33.3 Å². The van der Waals surface area contributed by atoms with E-state index in [9.17, 15) is 0 Å². The van der Waals surface area contributed by atoms with E-state index in [0.717, 1.165) is 18.7 Å². The van der Waals surface area contributed by atoms with Crippen LogP contribution >= 0.6 is 0 Å². The number of aromatic nitrogens is 1. The molecule has 0 saturated heterocycles.